The van der Waals surface area contributed by atoms with E-state index in [9.17, 15) is 9.59 Å². The van der Waals surface area contributed by atoms with Crippen LogP contribution in [0.25, 0.3) is 0 Å². The fraction of sp³-hybridized carbons (Fsp3) is 0.636. The molecule has 5 atom stereocenters. The van der Waals surface area contributed by atoms with Crippen LogP contribution in [-0.4, -0.2) is 67.6 Å². The van der Waals surface area contributed by atoms with Gasteiger partial charge in [-0.2, -0.15) is 0 Å². The normalized spacial score (nSPS) is 30.0. The zero-order valence-electron chi connectivity index (χ0n) is 18.6. The number of rotatable bonds is 7. The predicted molar refractivity (Wildman–Crippen MR) is 111 cm³/mol. The van der Waals surface area contributed by atoms with E-state index in [-0.39, 0.29) is 13.0 Å². The quantitative estimate of drug-likeness (QED) is 0.605. The van der Waals surface area contributed by atoms with Crippen LogP contribution < -0.4 is 11.1 Å². The van der Waals surface area contributed by atoms with Gasteiger partial charge in [-0.1, -0.05) is 30.3 Å². The Labute approximate surface area is 182 Å². The third-order valence-corrected chi connectivity index (χ3v) is 5.25. The molecule has 31 heavy (non-hydrogen) atoms. The van der Waals surface area contributed by atoms with E-state index in [1.807, 2.05) is 30.3 Å². The Morgan fingerprint density at radius 2 is 1.65 bits per heavy atom. The minimum absolute atomic E-state index is 0.196. The van der Waals surface area contributed by atoms with Crippen LogP contribution in [0.15, 0.2) is 30.3 Å². The number of carbonyl (C=O) groups excluding carboxylic acids is 2. The summed E-state index contributed by atoms with van der Waals surface area (Å²) in [7, 11) is 1.28. The Morgan fingerprint density at radius 3 is 2.26 bits per heavy atom. The number of nitrogens with one attached hydrogen (secondary N) is 1. The number of amides is 1. The van der Waals surface area contributed by atoms with Crippen molar-refractivity contribution in [2.75, 3.05) is 13.7 Å². The second kappa shape index (κ2) is 9.22. The molecule has 9 nitrogen and oxygen atoms in total. The maximum absolute atomic E-state index is 13.2. The Morgan fingerprint density at radius 1 is 1.03 bits per heavy atom. The second-order valence-corrected chi connectivity index (χ2v) is 8.67. The van der Waals surface area contributed by atoms with Gasteiger partial charge in [0.25, 0.3) is 5.91 Å². The van der Waals surface area contributed by atoms with Crippen molar-refractivity contribution in [2.45, 2.75) is 76.1 Å². The largest absolute Gasteiger partial charge is 0.467 e. The maximum Gasteiger partial charge on any atom is 0.328 e. The Bertz CT molecular complexity index is 783. The first kappa shape index (κ1) is 23.6. The van der Waals surface area contributed by atoms with E-state index in [1.165, 1.54) is 7.11 Å². The summed E-state index contributed by atoms with van der Waals surface area (Å²) >= 11 is 0. The summed E-state index contributed by atoms with van der Waals surface area (Å²) in [4.78, 5) is 25.6. The van der Waals surface area contributed by atoms with Crippen molar-refractivity contribution in [3.8, 4) is 0 Å². The molecule has 0 spiro atoms. The summed E-state index contributed by atoms with van der Waals surface area (Å²) < 4.78 is 28.7. The predicted octanol–water partition coefficient (Wildman–Crippen LogP) is 0.886. The topological polar surface area (TPSA) is 118 Å². The van der Waals surface area contributed by atoms with Gasteiger partial charge in [-0.25, -0.2) is 4.79 Å². The Hall–Kier alpha value is -2.04. The van der Waals surface area contributed by atoms with Gasteiger partial charge in [-0.15, -0.1) is 0 Å². The third kappa shape index (κ3) is 5.61. The van der Waals surface area contributed by atoms with Crippen LogP contribution in [0.4, 0.5) is 0 Å². The highest BCUT2D eigenvalue weighted by Gasteiger charge is 2.55. The highest BCUT2D eigenvalue weighted by molar-refractivity contribution is 5.87. The zero-order chi connectivity index (χ0) is 22.8. The number of hydrogen-bond acceptors (Lipinski definition) is 8. The van der Waals surface area contributed by atoms with Crippen molar-refractivity contribution >= 4 is 11.9 Å². The van der Waals surface area contributed by atoms with E-state index >= 15 is 0 Å². The number of hydrogen-bond donors (Lipinski definition) is 2. The first-order chi connectivity index (χ1) is 14.5. The van der Waals surface area contributed by atoms with Gasteiger partial charge in [-0.05, 0) is 33.3 Å². The van der Waals surface area contributed by atoms with E-state index in [2.05, 4.69) is 5.32 Å². The first-order valence-electron chi connectivity index (χ1n) is 10.4. The number of ether oxygens (including phenoxy) is 5. The molecule has 2 saturated heterocycles. The molecule has 0 aromatic heterocycles. The average Bonchev–Trinajstić information content (AvgIpc) is 3.22. The molecule has 0 radical (unpaired) electrons. The van der Waals surface area contributed by atoms with E-state index < -0.39 is 53.9 Å². The molecule has 3 N–H and O–H groups in total. The van der Waals surface area contributed by atoms with Crippen molar-refractivity contribution in [3.63, 3.8) is 0 Å². The highest BCUT2D eigenvalue weighted by atomic mass is 16.8. The fourth-order valence-corrected chi connectivity index (χ4v) is 4.00. The number of benzene rings is 1. The lowest BCUT2D eigenvalue weighted by Crippen LogP contribution is -2.53. The molecule has 2 heterocycles. The lowest BCUT2D eigenvalue weighted by molar-refractivity contribution is -0.175. The monoisotopic (exact) mass is 436 g/mol. The molecule has 2 aliphatic rings. The zero-order valence-corrected chi connectivity index (χ0v) is 18.6. The van der Waals surface area contributed by atoms with Crippen LogP contribution in [0.2, 0.25) is 0 Å². The summed E-state index contributed by atoms with van der Waals surface area (Å²) in [6, 6.07) is 8.48. The summed E-state index contributed by atoms with van der Waals surface area (Å²) in [6.45, 7) is 7.18. The van der Waals surface area contributed by atoms with E-state index in [0.29, 0.717) is 0 Å². The van der Waals surface area contributed by atoms with Gasteiger partial charge in [0, 0.05) is 13.0 Å². The fourth-order valence-electron chi connectivity index (χ4n) is 4.00. The van der Waals surface area contributed by atoms with Crippen LogP contribution in [0.1, 0.15) is 33.3 Å². The second-order valence-electron chi connectivity index (χ2n) is 8.67. The van der Waals surface area contributed by atoms with Gasteiger partial charge < -0.3 is 34.7 Å². The molecule has 0 unspecified atom stereocenters. The van der Waals surface area contributed by atoms with Gasteiger partial charge in [-0.3, -0.25) is 4.79 Å². The molecule has 9 heteroatoms. The smallest absolute Gasteiger partial charge is 0.328 e. The standard InChI is InChI=1S/C22H32N2O7/c1-21(2)28-15(12-23)16(29-21)17-18(31-22(3,4)30-17)19(25)24-14(20(26)27-5)11-13-9-7-6-8-10-13/h6-10,14-18H,11-12,23H2,1-5H3,(H,24,25)/t14-,15-,16+,17+,18-/m1/s1. The molecule has 2 aliphatic heterocycles. The molecule has 3 rings (SSSR count). The molecular formula is C22H32N2O7. The number of carbonyl (C=O) groups is 2. The van der Waals surface area contributed by atoms with Crippen molar-refractivity contribution < 1.29 is 33.3 Å². The average molecular weight is 437 g/mol. The van der Waals surface area contributed by atoms with Crippen LogP contribution in [0, 0.1) is 0 Å². The molecule has 0 saturated carbocycles. The highest BCUT2D eigenvalue weighted by Crippen LogP contribution is 2.38. The van der Waals surface area contributed by atoms with Crippen molar-refractivity contribution in [3.05, 3.63) is 35.9 Å². The van der Waals surface area contributed by atoms with E-state index in [1.54, 1.807) is 27.7 Å². The molecule has 1 aromatic rings. The molecule has 172 valence electrons. The summed E-state index contributed by atoms with van der Waals surface area (Å²) in [5.74, 6) is -2.94. The molecule has 1 amide bonds. The minimum Gasteiger partial charge on any atom is -0.467 e. The molecule has 0 aliphatic carbocycles. The summed E-state index contributed by atoms with van der Waals surface area (Å²) in [6.07, 6.45) is -2.57. The Balaban J connectivity index is 1.79. The number of esters is 1. The maximum atomic E-state index is 13.2. The third-order valence-electron chi connectivity index (χ3n) is 5.25. The van der Waals surface area contributed by atoms with Gasteiger partial charge in [0.15, 0.2) is 17.7 Å². The van der Waals surface area contributed by atoms with E-state index in [4.69, 9.17) is 29.4 Å². The lowest BCUT2D eigenvalue weighted by atomic mass is 10.0. The van der Waals surface area contributed by atoms with Crippen molar-refractivity contribution in [1.82, 2.24) is 5.32 Å². The summed E-state index contributed by atoms with van der Waals surface area (Å²) in [5.41, 5.74) is 6.75. The first-order valence-corrected chi connectivity index (χ1v) is 10.4. The summed E-state index contributed by atoms with van der Waals surface area (Å²) in [5, 5.41) is 2.76. The van der Waals surface area contributed by atoms with Gasteiger partial charge in [0.1, 0.15) is 24.4 Å². The number of nitrogens with two attached hydrogens (primary N) is 1. The van der Waals surface area contributed by atoms with Crippen molar-refractivity contribution in [2.24, 2.45) is 5.73 Å². The SMILES string of the molecule is COC(=O)[C@@H](Cc1ccccc1)NC(=O)[C@@H]1OC(C)(C)O[C@H]1[C@H]1OC(C)(C)O[C@@H]1CN. The van der Waals surface area contributed by atoms with E-state index in [0.717, 1.165) is 5.56 Å². The number of methoxy groups -OCH3 is 1. The van der Waals surface area contributed by atoms with Crippen molar-refractivity contribution in [1.29, 1.82) is 0 Å². The van der Waals surface area contributed by atoms with Gasteiger partial charge >= 0.3 is 5.97 Å². The van der Waals surface area contributed by atoms with Crippen LogP contribution in [-0.2, 0) is 39.7 Å². The molecule has 0 bridgehead atoms. The molecule has 2 fully saturated rings. The minimum atomic E-state index is -1.03. The Kier molecular flexibility index (Phi) is 7.02. The lowest BCUT2D eigenvalue weighted by Gasteiger charge is -2.26. The van der Waals surface area contributed by atoms with Crippen LogP contribution in [0.5, 0.6) is 0 Å². The van der Waals surface area contributed by atoms with Crippen LogP contribution >= 0.6 is 0 Å². The van der Waals surface area contributed by atoms with Gasteiger partial charge in [0.05, 0.1) is 7.11 Å². The van der Waals surface area contributed by atoms with Gasteiger partial charge in [0.2, 0.25) is 0 Å². The van der Waals surface area contributed by atoms with Crippen LogP contribution in [0.3, 0.4) is 0 Å². The molecule has 1 aromatic carbocycles. The molecular weight excluding hydrogens is 404 g/mol.